The van der Waals surface area contributed by atoms with Crippen LogP contribution in [0.5, 0.6) is 5.75 Å². The molecule has 0 saturated heterocycles. The first-order chi connectivity index (χ1) is 6.76. The Morgan fingerprint density at radius 3 is 3.07 bits per heavy atom. The highest BCUT2D eigenvalue weighted by molar-refractivity contribution is 5.49. The molecule has 0 radical (unpaired) electrons. The van der Waals surface area contributed by atoms with Gasteiger partial charge in [0.05, 0.1) is 5.56 Å². The molecular weight excluding hydrogens is 185 g/mol. The number of benzene rings is 1. The predicted octanol–water partition coefficient (Wildman–Crippen LogP) is 1.60. The van der Waals surface area contributed by atoms with Crippen molar-refractivity contribution in [2.75, 3.05) is 7.11 Å². The van der Waals surface area contributed by atoms with Gasteiger partial charge in [-0.1, -0.05) is 0 Å². The van der Waals surface area contributed by atoms with Crippen molar-refractivity contribution >= 4 is 0 Å². The summed E-state index contributed by atoms with van der Waals surface area (Å²) in [5.74, 6) is 0.0291. The van der Waals surface area contributed by atoms with Crippen molar-refractivity contribution in [3.05, 3.63) is 29.1 Å². The van der Waals surface area contributed by atoms with Gasteiger partial charge < -0.3 is 9.47 Å². The molecule has 0 bridgehead atoms. The Balaban J connectivity index is 2.48. The molecule has 4 heteroatoms. The van der Waals surface area contributed by atoms with Gasteiger partial charge in [0.2, 0.25) is 6.29 Å². The minimum Gasteiger partial charge on any atom is -0.464 e. The molecule has 3 nitrogen and oxygen atoms in total. The van der Waals surface area contributed by atoms with Crippen LogP contribution in [0, 0.1) is 17.1 Å². The van der Waals surface area contributed by atoms with E-state index in [4.69, 9.17) is 14.7 Å². The van der Waals surface area contributed by atoms with E-state index in [1.165, 1.54) is 19.2 Å². The standard InChI is InChI=1S/C10H8FNO2/c1-13-10-4-6-7(5-12)8(11)2-3-9(6)14-10/h2-3,10H,4H2,1H3/t10-/m1/s1. The highest BCUT2D eigenvalue weighted by atomic mass is 19.1. The van der Waals surface area contributed by atoms with Crippen LogP contribution in [0.3, 0.4) is 0 Å². The lowest BCUT2D eigenvalue weighted by atomic mass is 10.1. The van der Waals surface area contributed by atoms with Gasteiger partial charge in [-0.3, -0.25) is 0 Å². The quantitative estimate of drug-likeness (QED) is 0.680. The van der Waals surface area contributed by atoms with Crippen LogP contribution >= 0.6 is 0 Å². The summed E-state index contributed by atoms with van der Waals surface area (Å²) in [4.78, 5) is 0. The molecule has 0 saturated carbocycles. The number of nitriles is 1. The van der Waals surface area contributed by atoms with Gasteiger partial charge in [-0.15, -0.1) is 0 Å². The van der Waals surface area contributed by atoms with Gasteiger partial charge in [0, 0.05) is 19.1 Å². The zero-order valence-corrected chi connectivity index (χ0v) is 7.58. The molecule has 1 aromatic carbocycles. The van der Waals surface area contributed by atoms with Crippen molar-refractivity contribution in [2.24, 2.45) is 0 Å². The van der Waals surface area contributed by atoms with Crippen LogP contribution in [0.4, 0.5) is 4.39 Å². The fraction of sp³-hybridized carbons (Fsp3) is 0.300. The van der Waals surface area contributed by atoms with Crippen molar-refractivity contribution in [3.8, 4) is 11.8 Å². The number of hydrogen-bond acceptors (Lipinski definition) is 3. The fourth-order valence-electron chi connectivity index (χ4n) is 1.52. The maximum absolute atomic E-state index is 13.2. The fourth-order valence-corrected chi connectivity index (χ4v) is 1.52. The van der Waals surface area contributed by atoms with Gasteiger partial charge in [0.1, 0.15) is 17.6 Å². The summed E-state index contributed by atoms with van der Waals surface area (Å²) in [6, 6.07) is 4.58. The molecule has 1 aromatic rings. The van der Waals surface area contributed by atoms with Crippen molar-refractivity contribution in [1.29, 1.82) is 5.26 Å². The minimum atomic E-state index is -0.508. The van der Waals surface area contributed by atoms with Gasteiger partial charge in [0.15, 0.2) is 0 Å². The lowest BCUT2D eigenvalue weighted by Gasteiger charge is -2.06. The minimum absolute atomic E-state index is 0.0575. The van der Waals surface area contributed by atoms with E-state index in [0.29, 0.717) is 17.7 Å². The number of halogens is 1. The van der Waals surface area contributed by atoms with Crippen LogP contribution in [-0.2, 0) is 11.2 Å². The molecule has 1 aliphatic heterocycles. The van der Waals surface area contributed by atoms with E-state index < -0.39 is 12.1 Å². The molecule has 0 unspecified atom stereocenters. The molecular formula is C10H8FNO2. The molecule has 1 aliphatic rings. The number of nitrogens with zero attached hydrogens (tertiary/aromatic N) is 1. The Labute approximate surface area is 80.7 Å². The number of hydrogen-bond donors (Lipinski definition) is 0. The molecule has 0 aromatic heterocycles. The van der Waals surface area contributed by atoms with E-state index in [2.05, 4.69) is 0 Å². The second kappa shape index (κ2) is 3.28. The van der Waals surface area contributed by atoms with Crippen molar-refractivity contribution in [1.82, 2.24) is 0 Å². The second-order valence-corrected chi connectivity index (χ2v) is 3.00. The van der Waals surface area contributed by atoms with Gasteiger partial charge >= 0.3 is 0 Å². The van der Waals surface area contributed by atoms with Crippen LogP contribution in [-0.4, -0.2) is 13.4 Å². The number of ether oxygens (including phenoxy) is 2. The highest BCUT2D eigenvalue weighted by Gasteiger charge is 2.26. The van der Waals surface area contributed by atoms with Crippen LogP contribution in [0.15, 0.2) is 12.1 Å². The Bertz CT molecular complexity index is 411. The van der Waals surface area contributed by atoms with Crippen molar-refractivity contribution < 1.29 is 13.9 Å². The molecule has 1 heterocycles. The van der Waals surface area contributed by atoms with E-state index in [0.717, 1.165) is 0 Å². The van der Waals surface area contributed by atoms with Crippen LogP contribution < -0.4 is 4.74 Å². The summed E-state index contributed by atoms with van der Waals surface area (Å²) in [6.45, 7) is 0. The first kappa shape index (κ1) is 8.97. The first-order valence-corrected chi connectivity index (χ1v) is 4.17. The Morgan fingerprint density at radius 2 is 2.43 bits per heavy atom. The third-order valence-electron chi connectivity index (χ3n) is 2.22. The molecule has 0 aliphatic carbocycles. The average molecular weight is 193 g/mol. The number of fused-ring (bicyclic) bond motifs is 1. The van der Waals surface area contributed by atoms with Gasteiger partial charge in [0.25, 0.3) is 0 Å². The lowest BCUT2D eigenvalue weighted by molar-refractivity contribution is -0.0367. The van der Waals surface area contributed by atoms with Crippen LogP contribution in [0.25, 0.3) is 0 Å². The Morgan fingerprint density at radius 1 is 1.64 bits per heavy atom. The molecule has 0 spiro atoms. The Kier molecular flexibility index (Phi) is 2.10. The molecule has 0 amide bonds. The van der Waals surface area contributed by atoms with E-state index in [9.17, 15) is 4.39 Å². The van der Waals surface area contributed by atoms with Crippen molar-refractivity contribution in [2.45, 2.75) is 12.7 Å². The molecule has 1 atom stereocenters. The van der Waals surface area contributed by atoms with E-state index in [1.54, 1.807) is 0 Å². The van der Waals surface area contributed by atoms with E-state index in [-0.39, 0.29) is 5.56 Å². The number of methoxy groups -OCH3 is 1. The molecule has 14 heavy (non-hydrogen) atoms. The van der Waals surface area contributed by atoms with Crippen molar-refractivity contribution in [3.63, 3.8) is 0 Å². The van der Waals surface area contributed by atoms with E-state index in [1.807, 2.05) is 6.07 Å². The highest BCUT2D eigenvalue weighted by Crippen LogP contribution is 2.32. The third-order valence-corrected chi connectivity index (χ3v) is 2.22. The summed E-state index contributed by atoms with van der Waals surface area (Å²) in [7, 11) is 1.51. The molecule has 0 fully saturated rings. The topological polar surface area (TPSA) is 42.2 Å². The summed E-state index contributed by atoms with van der Waals surface area (Å²) in [5, 5.41) is 8.76. The molecule has 0 N–H and O–H groups in total. The average Bonchev–Trinajstić information content (AvgIpc) is 2.60. The summed E-state index contributed by atoms with van der Waals surface area (Å²) >= 11 is 0. The summed E-state index contributed by atoms with van der Waals surface area (Å²) in [5.41, 5.74) is 0.654. The van der Waals surface area contributed by atoms with Crippen LogP contribution in [0.1, 0.15) is 11.1 Å². The zero-order chi connectivity index (χ0) is 10.1. The monoisotopic (exact) mass is 193 g/mol. The largest absolute Gasteiger partial charge is 0.464 e. The summed E-state index contributed by atoms with van der Waals surface area (Å²) < 4.78 is 23.4. The maximum atomic E-state index is 13.2. The molecule has 72 valence electrons. The third kappa shape index (κ3) is 1.22. The normalized spacial score (nSPS) is 18.5. The van der Waals surface area contributed by atoms with Gasteiger partial charge in [-0.05, 0) is 12.1 Å². The molecule has 2 rings (SSSR count). The lowest BCUT2D eigenvalue weighted by Crippen LogP contribution is -2.14. The summed E-state index contributed by atoms with van der Waals surface area (Å²) in [6.07, 6.45) is 0.0193. The smallest absolute Gasteiger partial charge is 0.203 e. The van der Waals surface area contributed by atoms with Crippen LogP contribution in [0.2, 0.25) is 0 Å². The van der Waals surface area contributed by atoms with E-state index >= 15 is 0 Å². The zero-order valence-electron chi connectivity index (χ0n) is 7.58. The van der Waals surface area contributed by atoms with Gasteiger partial charge in [-0.2, -0.15) is 5.26 Å². The SMILES string of the molecule is CO[C@H]1Cc2c(ccc(F)c2C#N)O1. The first-order valence-electron chi connectivity index (χ1n) is 4.17. The Hall–Kier alpha value is -1.60. The number of rotatable bonds is 1. The maximum Gasteiger partial charge on any atom is 0.203 e. The predicted molar refractivity (Wildman–Crippen MR) is 46.2 cm³/mol. The second-order valence-electron chi connectivity index (χ2n) is 3.00. The van der Waals surface area contributed by atoms with Gasteiger partial charge in [-0.25, -0.2) is 4.39 Å².